The average molecular weight is 338 g/mol. The fourth-order valence-corrected chi connectivity index (χ4v) is 3.65. The number of nitrogens with zero attached hydrogens (tertiary/aromatic N) is 2. The maximum Gasteiger partial charge on any atom is 0.236 e. The third-order valence-corrected chi connectivity index (χ3v) is 5.06. The third-order valence-electron chi connectivity index (χ3n) is 4.69. The molecule has 2 heterocycles. The van der Waals surface area contributed by atoms with Crippen molar-refractivity contribution in [2.24, 2.45) is 0 Å². The summed E-state index contributed by atoms with van der Waals surface area (Å²) < 4.78 is 5.29. The van der Waals surface area contributed by atoms with Gasteiger partial charge in [-0.1, -0.05) is 11.6 Å². The number of hydrogen-bond acceptors (Lipinski definition) is 4. The number of likely N-dealkylation sites (tertiary alicyclic amines) is 1. The normalized spacial score (nSPS) is 23.1. The molecule has 1 N–H and O–H groups in total. The van der Waals surface area contributed by atoms with E-state index in [0.29, 0.717) is 12.6 Å². The van der Waals surface area contributed by atoms with Gasteiger partial charge in [0.1, 0.15) is 5.75 Å². The Bertz CT molecular complexity index is 567. The minimum absolute atomic E-state index is 0.225. The molecular formula is C17H24ClN3O2. The van der Waals surface area contributed by atoms with E-state index in [4.69, 9.17) is 16.3 Å². The van der Waals surface area contributed by atoms with Crippen LogP contribution in [0.5, 0.6) is 5.75 Å². The van der Waals surface area contributed by atoms with Crippen LogP contribution in [0.15, 0.2) is 18.2 Å². The number of ether oxygens (including phenoxy) is 1. The Balaban J connectivity index is 1.65. The van der Waals surface area contributed by atoms with Crippen molar-refractivity contribution in [3.8, 4) is 5.75 Å². The minimum Gasteiger partial charge on any atom is -0.497 e. The number of amides is 1. The summed E-state index contributed by atoms with van der Waals surface area (Å²) in [5.41, 5.74) is 1.08. The Morgan fingerprint density at radius 2 is 2.26 bits per heavy atom. The minimum atomic E-state index is 0.225. The number of piperidine rings is 1. The van der Waals surface area contributed by atoms with Crippen molar-refractivity contribution < 1.29 is 9.53 Å². The van der Waals surface area contributed by atoms with Crippen molar-refractivity contribution in [2.75, 3.05) is 39.8 Å². The molecule has 0 bridgehead atoms. The molecule has 1 aromatic carbocycles. The van der Waals surface area contributed by atoms with E-state index in [-0.39, 0.29) is 5.91 Å². The van der Waals surface area contributed by atoms with E-state index in [9.17, 15) is 4.79 Å². The van der Waals surface area contributed by atoms with E-state index < -0.39 is 0 Å². The molecule has 2 aliphatic rings. The second-order valence-electron chi connectivity index (χ2n) is 6.25. The first kappa shape index (κ1) is 16.6. The SMILES string of the molecule is COc1ccc(Cl)c(CN2CCCC(N3CCNCC3=O)C2)c1. The first-order chi connectivity index (χ1) is 11.2. The lowest BCUT2D eigenvalue weighted by molar-refractivity contribution is -0.135. The highest BCUT2D eigenvalue weighted by Crippen LogP contribution is 2.25. The molecule has 2 saturated heterocycles. The van der Waals surface area contributed by atoms with E-state index in [0.717, 1.165) is 61.9 Å². The molecule has 0 aliphatic carbocycles. The molecule has 2 aliphatic heterocycles. The van der Waals surface area contributed by atoms with Crippen LogP contribution >= 0.6 is 11.6 Å². The van der Waals surface area contributed by atoms with Crippen LogP contribution in [-0.2, 0) is 11.3 Å². The Hall–Kier alpha value is -1.30. The molecule has 0 saturated carbocycles. The standard InChI is InChI=1S/C17H24ClN3O2/c1-23-15-4-5-16(18)13(9-15)11-20-7-2-3-14(12-20)21-8-6-19-10-17(21)22/h4-5,9,14,19H,2-3,6-8,10-12H2,1H3. The van der Waals surface area contributed by atoms with Crippen LogP contribution in [0.3, 0.4) is 0 Å². The van der Waals surface area contributed by atoms with E-state index in [2.05, 4.69) is 15.1 Å². The zero-order valence-electron chi connectivity index (χ0n) is 13.6. The summed E-state index contributed by atoms with van der Waals surface area (Å²) in [6.45, 7) is 4.94. The van der Waals surface area contributed by atoms with Crippen LogP contribution < -0.4 is 10.1 Å². The van der Waals surface area contributed by atoms with Gasteiger partial charge in [-0.15, -0.1) is 0 Å². The van der Waals surface area contributed by atoms with Crippen LogP contribution in [0.1, 0.15) is 18.4 Å². The van der Waals surface area contributed by atoms with Crippen LogP contribution in [0.4, 0.5) is 0 Å². The van der Waals surface area contributed by atoms with Crippen molar-refractivity contribution in [3.63, 3.8) is 0 Å². The van der Waals surface area contributed by atoms with Gasteiger partial charge in [-0.05, 0) is 43.1 Å². The van der Waals surface area contributed by atoms with E-state index in [1.165, 1.54) is 0 Å². The average Bonchev–Trinajstić information content (AvgIpc) is 2.57. The van der Waals surface area contributed by atoms with Gasteiger partial charge in [0, 0.05) is 37.2 Å². The molecule has 1 unspecified atom stereocenters. The maximum atomic E-state index is 12.1. The number of piperazine rings is 1. The lowest BCUT2D eigenvalue weighted by Gasteiger charge is -2.41. The lowest BCUT2D eigenvalue weighted by atomic mass is 10.0. The van der Waals surface area contributed by atoms with E-state index >= 15 is 0 Å². The monoisotopic (exact) mass is 337 g/mol. The van der Waals surface area contributed by atoms with Crippen molar-refractivity contribution in [1.82, 2.24) is 15.1 Å². The molecule has 0 spiro atoms. The van der Waals surface area contributed by atoms with Gasteiger partial charge in [0.15, 0.2) is 0 Å². The molecule has 0 radical (unpaired) electrons. The molecule has 3 rings (SSSR count). The maximum absolute atomic E-state index is 12.1. The topological polar surface area (TPSA) is 44.8 Å². The summed E-state index contributed by atoms with van der Waals surface area (Å²) in [6, 6.07) is 6.09. The van der Waals surface area contributed by atoms with Crippen LogP contribution in [0, 0.1) is 0 Å². The highest BCUT2D eigenvalue weighted by molar-refractivity contribution is 6.31. The molecule has 2 fully saturated rings. The predicted molar refractivity (Wildman–Crippen MR) is 90.9 cm³/mol. The van der Waals surface area contributed by atoms with Gasteiger partial charge in [-0.2, -0.15) is 0 Å². The molecule has 5 nitrogen and oxygen atoms in total. The summed E-state index contributed by atoms with van der Waals surface area (Å²) >= 11 is 6.33. The fraction of sp³-hybridized carbons (Fsp3) is 0.588. The Labute approximate surface area is 142 Å². The summed E-state index contributed by atoms with van der Waals surface area (Å²) in [4.78, 5) is 16.5. The van der Waals surface area contributed by atoms with Gasteiger partial charge in [-0.3, -0.25) is 9.69 Å². The smallest absolute Gasteiger partial charge is 0.236 e. The molecule has 6 heteroatoms. The molecule has 23 heavy (non-hydrogen) atoms. The van der Waals surface area contributed by atoms with E-state index in [1.807, 2.05) is 18.2 Å². The first-order valence-electron chi connectivity index (χ1n) is 8.22. The third kappa shape index (κ3) is 3.97. The van der Waals surface area contributed by atoms with Gasteiger partial charge in [0.2, 0.25) is 5.91 Å². The summed E-state index contributed by atoms with van der Waals surface area (Å²) in [7, 11) is 1.67. The summed E-state index contributed by atoms with van der Waals surface area (Å²) in [5, 5.41) is 3.91. The number of methoxy groups -OCH3 is 1. The molecule has 1 amide bonds. The highest BCUT2D eigenvalue weighted by Gasteiger charge is 2.30. The van der Waals surface area contributed by atoms with Crippen molar-refractivity contribution in [3.05, 3.63) is 28.8 Å². The van der Waals surface area contributed by atoms with Crippen LogP contribution in [-0.4, -0.2) is 61.6 Å². The number of nitrogens with one attached hydrogen (secondary N) is 1. The second-order valence-corrected chi connectivity index (χ2v) is 6.66. The quantitative estimate of drug-likeness (QED) is 0.909. The number of benzene rings is 1. The predicted octanol–water partition coefficient (Wildman–Crippen LogP) is 1.74. The highest BCUT2D eigenvalue weighted by atomic mass is 35.5. The van der Waals surface area contributed by atoms with Crippen LogP contribution in [0.2, 0.25) is 5.02 Å². The number of rotatable bonds is 4. The van der Waals surface area contributed by atoms with Gasteiger partial charge >= 0.3 is 0 Å². The fourth-order valence-electron chi connectivity index (χ4n) is 3.48. The van der Waals surface area contributed by atoms with Gasteiger partial charge in [0.25, 0.3) is 0 Å². The number of hydrogen-bond donors (Lipinski definition) is 1. The zero-order chi connectivity index (χ0) is 16.2. The molecule has 1 atom stereocenters. The van der Waals surface area contributed by atoms with Crippen molar-refractivity contribution >= 4 is 17.5 Å². The Morgan fingerprint density at radius 3 is 3.04 bits per heavy atom. The number of carbonyl (C=O) groups excluding carboxylic acids is 1. The number of carbonyl (C=O) groups is 1. The Morgan fingerprint density at radius 1 is 1.39 bits per heavy atom. The largest absolute Gasteiger partial charge is 0.497 e. The van der Waals surface area contributed by atoms with Crippen LogP contribution in [0.25, 0.3) is 0 Å². The molecular weight excluding hydrogens is 314 g/mol. The summed E-state index contributed by atoms with van der Waals surface area (Å²) in [6.07, 6.45) is 2.21. The zero-order valence-corrected chi connectivity index (χ0v) is 14.3. The van der Waals surface area contributed by atoms with E-state index in [1.54, 1.807) is 7.11 Å². The first-order valence-corrected chi connectivity index (χ1v) is 8.60. The number of halogens is 1. The molecule has 0 aromatic heterocycles. The lowest BCUT2D eigenvalue weighted by Crippen LogP contribution is -2.56. The summed E-state index contributed by atoms with van der Waals surface area (Å²) in [5.74, 6) is 1.05. The van der Waals surface area contributed by atoms with Gasteiger partial charge < -0.3 is 15.0 Å². The van der Waals surface area contributed by atoms with Gasteiger partial charge in [-0.25, -0.2) is 0 Å². The van der Waals surface area contributed by atoms with Crippen molar-refractivity contribution in [2.45, 2.75) is 25.4 Å². The second kappa shape index (κ2) is 7.51. The molecule has 1 aromatic rings. The van der Waals surface area contributed by atoms with Crippen molar-refractivity contribution in [1.29, 1.82) is 0 Å². The van der Waals surface area contributed by atoms with Gasteiger partial charge in [0.05, 0.1) is 13.7 Å². The molecule has 126 valence electrons. The Kier molecular flexibility index (Phi) is 5.41.